The highest BCUT2D eigenvalue weighted by molar-refractivity contribution is 6.30. The van der Waals surface area contributed by atoms with Crippen LogP contribution in [0.3, 0.4) is 0 Å². The van der Waals surface area contributed by atoms with Crippen molar-refractivity contribution in [3.63, 3.8) is 0 Å². The van der Waals surface area contributed by atoms with E-state index in [2.05, 4.69) is 17.1 Å². The number of amides is 1. The molecule has 0 radical (unpaired) electrons. The molecule has 0 spiro atoms. The van der Waals surface area contributed by atoms with Gasteiger partial charge in [0, 0.05) is 42.9 Å². The Labute approximate surface area is 158 Å². The van der Waals surface area contributed by atoms with Gasteiger partial charge in [0.25, 0.3) is 0 Å². The zero-order valence-electron chi connectivity index (χ0n) is 14.8. The van der Waals surface area contributed by atoms with Crippen LogP contribution >= 0.6 is 11.6 Å². The molecular formula is C20H23ClFN3O. The normalized spacial score (nSPS) is 18.0. The maximum absolute atomic E-state index is 13.0. The molecule has 2 aromatic carbocycles. The summed E-state index contributed by atoms with van der Waals surface area (Å²) in [6, 6.07) is 14.1. The minimum Gasteiger partial charge on any atom is -0.376 e. The van der Waals surface area contributed by atoms with Crippen molar-refractivity contribution in [3.05, 3.63) is 64.9 Å². The highest BCUT2D eigenvalue weighted by Gasteiger charge is 2.27. The van der Waals surface area contributed by atoms with Crippen molar-refractivity contribution < 1.29 is 9.18 Å². The van der Waals surface area contributed by atoms with E-state index in [0.717, 1.165) is 30.9 Å². The average Bonchev–Trinajstić information content (AvgIpc) is 2.63. The Morgan fingerprint density at radius 3 is 2.50 bits per heavy atom. The summed E-state index contributed by atoms with van der Waals surface area (Å²) in [5, 5.41) is 3.82. The summed E-state index contributed by atoms with van der Waals surface area (Å²) in [6.45, 7) is 5.43. The maximum atomic E-state index is 13.0. The second-order valence-electron chi connectivity index (χ2n) is 6.66. The van der Waals surface area contributed by atoms with Gasteiger partial charge in [-0.3, -0.25) is 9.69 Å². The predicted octanol–water partition coefficient (Wildman–Crippen LogP) is 3.62. The van der Waals surface area contributed by atoms with E-state index in [9.17, 15) is 9.18 Å². The SMILES string of the molecule is CC1CN(Cc2ccc(F)cc2)CCN1C(=O)CNc1ccc(Cl)cc1. The number of piperazine rings is 1. The topological polar surface area (TPSA) is 35.6 Å². The summed E-state index contributed by atoms with van der Waals surface area (Å²) in [5.41, 5.74) is 1.97. The lowest BCUT2D eigenvalue weighted by atomic mass is 10.1. The fourth-order valence-electron chi connectivity index (χ4n) is 3.24. The van der Waals surface area contributed by atoms with Crippen LogP contribution in [0.4, 0.5) is 10.1 Å². The Balaban J connectivity index is 1.49. The van der Waals surface area contributed by atoms with Crippen molar-refractivity contribution in [2.75, 3.05) is 31.5 Å². The van der Waals surface area contributed by atoms with Crippen LogP contribution in [0, 0.1) is 5.82 Å². The fraction of sp³-hybridized carbons (Fsp3) is 0.350. The Bertz CT molecular complexity index is 736. The van der Waals surface area contributed by atoms with Crippen LogP contribution in [0.5, 0.6) is 0 Å². The van der Waals surface area contributed by atoms with Crippen LogP contribution in [0.15, 0.2) is 48.5 Å². The van der Waals surface area contributed by atoms with Crippen molar-refractivity contribution in [2.45, 2.75) is 19.5 Å². The summed E-state index contributed by atoms with van der Waals surface area (Å²) in [7, 11) is 0. The molecule has 1 unspecified atom stereocenters. The van der Waals surface area contributed by atoms with E-state index in [4.69, 9.17) is 11.6 Å². The zero-order chi connectivity index (χ0) is 18.5. The summed E-state index contributed by atoms with van der Waals surface area (Å²) >= 11 is 5.87. The van der Waals surface area contributed by atoms with Crippen molar-refractivity contribution in [2.24, 2.45) is 0 Å². The van der Waals surface area contributed by atoms with Crippen molar-refractivity contribution in [1.29, 1.82) is 0 Å². The lowest BCUT2D eigenvalue weighted by molar-refractivity contribution is -0.133. The number of rotatable bonds is 5. The predicted molar refractivity (Wildman–Crippen MR) is 103 cm³/mol. The number of halogens is 2. The molecule has 0 saturated carbocycles. The summed E-state index contributed by atoms with van der Waals surface area (Å²) in [4.78, 5) is 16.7. The number of carbonyl (C=O) groups excluding carboxylic acids is 1. The summed E-state index contributed by atoms with van der Waals surface area (Å²) in [5.74, 6) is -0.125. The van der Waals surface area contributed by atoms with Crippen LogP contribution < -0.4 is 5.32 Å². The Morgan fingerprint density at radius 1 is 1.15 bits per heavy atom. The van der Waals surface area contributed by atoms with E-state index in [0.29, 0.717) is 11.6 Å². The highest BCUT2D eigenvalue weighted by Crippen LogP contribution is 2.16. The molecular weight excluding hydrogens is 353 g/mol. The van der Waals surface area contributed by atoms with Crippen molar-refractivity contribution >= 4 is 23.2 Å². The van der Waals surface area contributed by atoms with E-state index in [1.54, 1.807) is 12.1 Å². The van der Waals surface area contributed by atoms with Crippen LogP contribution in [0.1, 0.15) is 12.5 Å². The molecule has 0 aromatic heterocycles. The van der Waals surface area contributed by atoms with Gasteiger partial charge in [0.1, 0.15) is 5.82 Å². The van der Waals surface area contributed by atoms with Crippen LogP contribution in [0.25, 0.3) is 0 Å². The summed E-state index contributed by atoms with van der Waals surface area (Å²) in [6.07, 6.45) is 0. The third-order valence-corrected chi connectivity index (χ3v) is 4.89. The van der Waals surface area contributed by atoms with E-state index in [1.165, 1.54) is 12.1 Å². The highest BCUT2D eigenvalue weighted by atomic mass is 35.5. The second kappa shape index (κ2) is 8.52. The van der Waals surface area contributed by atoms with Gasteiger partial charge < -0.3 is 10.2 Å². The van der Waals surface area contributed by atoms with Gasteiger partial charge in [0.2, 0.25) is 5.91 Å². The molecule has 1 N–H and O–H groups in total. The number of hydrogen-bond acceptors (Lipinski definition) is 3. The molecule has 1 aliphatic heterocycles. The first-order chi connectivity index (χ1) is 12.5. The minimum absolute atomic E-state index is 0.0916. The van der Waals surface area contributed by atoms with Gasteiger partial charge in [-0.1, -0.05) is 23.7 Å². The average molecular weight is 376 g/mol. The van der Waals surface area contributed by atoms with Crippen molar-refractivity contribution in [3.8, 4) is 0 Å². The first-order valence-corrected chi connectivity index (χ1v) is 9.15. The number of nitrogens with one attached hydrogen (secondary N) is 1. The summed E-state index contributed by atoms with van der Waals surface area (Å²) < 4.78 is 13.0. The molecule has 0 aliphatic carbocycles. The fourth-order valence-corrected chi connectivity index (χ4v) is 3.37. The third kappa shape index (κ3) is 4.96. The van der Waals surface area contributed by atoms with E-state index < -0.39 is 0 Å². The second-order valence-corrected chi connectivity index (χ2v) is 7.09. The molecule has 1 saturated heterocycles. The lowest BCUT2D eigenvalue weighted by Crippen LogP contribution is -2.54. The largest absolute Gasteiger partial charge is 0.376 e. The molecule has 3 rings (SSSR count). The molecule has 2 aromatic rings. The quantitative estimate of drug-likeness (QED) is 0.866. The maximum Gasteiger partial charge on any atom is 0.242 e. The Morgan fingerprint density at radius 2 is 1.85 bits per heavy atom. The molecule has 6 heteroatoms. The number of hydrogen-bond donors (Lipinski definition) is 1. The van der Waals surface area contributed by atoms with Gasteiger partial charge in [-0.2, -0.15) is 0 Å². The number of carbonyl (C=O) groups is 1. The molecule has 26 heavy (non-hydrogen) atoms. The van der Waals surface area contributed by atoms with Gasteiger partial charge in [0.15, 0.2) is 0 Å². The van der Waals surface area contributed by atoms with Gasteiger partial charge >= 0.3 is 0 Å². The van der Waals surface area contributed by atoms with Gasteiger partial charge in [-0.05, 0) is 48.9 Å². The number of benzene rings is 2. The first-order valence-electron chi connectivity index (χ1n) is 8.77. The van der Waals surface area contributed by atoms with E-state index in [1.807, 2.05) is 29.2 Å². The molecule has 138 valence electrons. The molecule has 1 atom stereocenters. The van der Waals surface area contributed by atoms with Gasteiger partial charge in [-0.15, -0.1) is 0 Å². The standard InChI is InChI=1S/C20H23ClFN3O/c1-15-13-24(14-16-2-6-18(22)7-3-16)10-11-25(15)20(26)12-23-19-8-4-17(21)5-9-19/h2-9,15,23H,10-14H2,1H3. The molecule has 0 bridgehead atoms. The Hall–Kier alpha value is -2.11. The smallest absolute Gasteiger partial charge is 0.242 e. The first kappa shape index (κ1) is 18.7. The monoisotopic (exact) mass is 375 g/mol. The molecule has 1 aliphatic rings. The van der Waals surface area contributed by atoms with E-state index >= 15 is 0 Å². The molecule has 1 amide bonds. The van der Waals surface area contributed by atoms with E-state index in [-0.39, 0.29) is 24.3 Å². The lowest BCUT2D eigenvalue weighted by Gasteiger charge is -2.40. The van der Waals surface area contributed by atoms with Gasteiger partial charge in [0.05, 0.1) is 6.54 Å². The number of anilines is 1. The molecule has 1 heterocycles. The van der Waals surface area contributed by atoms with Crippen LogP contribution in [-0.2, 0) is 11.3 Å². The van der Waals surface area contributed by atoms with Crippen molar-refractivity contribution in [1.82, 2.24) is 9.80 Å². The zero-order valence-corrected chi connectivity index (χ0v) is 15.5. The third-order valence-electron chi connectivity index (χ3n) is 4.64. The number of nitrogens with zero attached hydrogens (tertiary/aromatic N) is 2. The van der Waals surface area contributed by atoms with Crippen LogP contribution in [-0.4, -0.2) is 47.9 Å². The van der Waals surface area contributed by atoms with Crippen LogP contribution in [0.2, 0.25) is 5.02 Å². The van der Waals surface area contributed by atoms with Gasteiger partial charge in [-0.25, -0.2) is 4.39 Å². The Kier molecular flexibility index (Phi) is 6.12. The molecule has 4 nitrogen and oxygen atoms in total. The minimum atomic E-state index is -0.217. The molecule has 1 fully saturated rings.